The van der Waals surface area contributed by atoms with Crippen molar-refractivity contribution in [2.45, 2.75) is 0 Å². The normalized spacial score (nSPS) is 11.5. The number of para-hydroxylation sites is 3. The smallest absolute Gasteiger partial charge is 0.227 e. The van der Waals surface area contributed by atoms with Gasteiger partial charge in [-0.25, -0.2) is 19.9 Å². The van der Waals surface area contributed by atoms with Crippen molar-refractivity contribution in [1.29, 1.82) is 0 Å². The Morgan fingerprint density at radius 2 is 0.923 bits per heavy atom. The zero-order valence-electron chi connectivity index (χ0n) is 27.9. The van der Waals surface area contributed by atoms with Crippen molar-refractivity contribution in [3.8, 4) is 62.4 Å². The first kappa shape index (κ1) is 29.7. The maximum atomic E-state index is 6.25. The van der Waals surface area contributed by atoms with E-state index in [-0.39, 0.29) is 0 Å². The molecule has 0 aliphatic rings. The van der Waals surface area contributed by atoms with Crippen LogP contribution >= 0.6 is 0 Å². The van der Waals surface area contributed by atoms with Gasteiger partial charge in [-0.3, -0.25) is 0 Å². The van der Waals surface area contributed by atoms with Crippen molar-refractivity contribution in [3.63, 3.8) is 0 Å². The van der Waals surface area contributed by atoms with Crippen LogP contribution < -0.4 is 0 Å². The standard InChI is InChI=1S/C46H29N5O/c1-3-14-30(15-4-1)32-18-11-19-33(28-32)43-48-44(50-45(49-43)38-24-13-27-41-42(38)47-46(52-41)31-16-5-2-6-17-31)34-20-12-21-35(29-34)51-39-25-9-7-22-36(39)37-23-8-10-26-40(37)51/h1-29H. The van der Waals surface area contributed by atoms with Crippen LogP contribution in [0.2, 0.25) is 0 Å². The zero-order chi connectivity index (χ0) is 34.4. The van der Waals surface area contributed by atoms with Gasteiger partial charge in [0.15, 0.2) is 23.1 Å². The summed E-state index contributed by atoms with van der Waals surface area (Å²) in [5, 5.41) is 2.42. The molecule has 10 aromatic rings. The van der Waals surface area contributed by atoms with E-state index in [1.54, 1.807) is 0 Å². The van der Waals surface area contributed by atoms with Crippen LogP contribution in [-0.4, -0.2) is 24.5 Å². The van der Waals surface area contributed by atoms with E-state index in [1.165, 1.54) is 10.8 Å². The second-order valence-electron chi connectivity index (χ2n) is 12.7. The minimum atomic E-state index is 0.519. The summed E-state index contributed by atoms with van der Waals surface area (Å²) >= 11 is 0. The third-order valence-corrected chi connectivity index (χ3v) is 9.49. The highest BCUT2D eigenvalue weighted by molar-refractivity contribution is 6.09. The van der Waals surface area contributed by atoms with Crippen molar-refractivity contribution in [3.05, 3.63) is 176 Å². The molecule has 0 N–H and O–H groups in total. The van der Waals surface area contributed by atoms with E-state index >= 15 is 0 Å². The number of benzene rings is 7. The Morgan fingerprint density at radius 1 is 0.385 bits per heavy atom. The van der Waals surface area contributed by atoms with Gasteiger partial charge in [0.05, 0.1) is 11.0 Å². The van der Waals surface area contributed by atoms with E-state index < -0.39 is 0 Å². The van der Waals surface area contributed by atoms with Gasteiger partial charge in [-0.1, -0.05) is 121 Å². The summed E-state index contributed by atoms with van der Waals surface area (Å²) in [6.45, 7) is 0. The van der Waals surface area contributed by atoms with Crippen LogP contribution in [0.4, 0.5) is 0 Å². The summed E-state index contributed by atoms with van der Waals surface area (Å²) in [5.41, 5.74) is 10.3. The molecule has 0 amide bonds. The topological polar surface area (TPSA) is 69.6 Å². The lowest BCUT2D eigenvalue weighted by Crippen LogP contribution is -2.01. The molecular weight excluding hydrogens is 639 g/mol. The maximum Gasteiger partial charge on any atom is 0.227 e. The predicted octanol–water partition coefficient (Wildman–Crippen LogP) is 11.4. The molecule has 6 heteroatoms. The van der Waals surface area contributed by atoms with Gasteiger partial charge >= 0.3 is 0 Å². The summed E-state index contributed by atoms with van der Waals surface area (Å²) < 4.78 is 8.56. The highest BCUT2D eigenvalue weighted by atomic mass is 16.3. The predicted molar refractivity (Wildman–Crippen MR) is 209 cm³/mol. The van der Waals surface area contributed by atoms with Gasteiger partial charge in [0, 0.05) is 38.7 Å². The summed E-state index contributed by atoms with van der Waals surface area (Å²) in [4.78, 5) is 20.3. The molecule has 6 nitrogen and oxygen atoms in total. The molecule has 0 radical (unpaired) electrons. The van der Waals surface area contributed by atoms with Crippen molar-refractivity contribution in [2.24, 2.45) is 0 Å². The molecule has 3 heterocycles. The molecule has 0 saturated carbocycles. The lowest BCUT2D eigenvalue weighted by atomic mass is 10.0. The molecule has 0 bridgehead atoms. The van der Waals surface area contributed by atoms with Gasteiger partial charge in [0.2, 0.25) is 5.89 Å². The molecular formula is C46H29N5O. The van der Waals surface area contributed by atoms with E-state index in [1.807, 2.05) is 78.9 Å². The second-order valence-corrected chi connectivity index (χ2v) is 12.7. The van der Waals surface area contributed by atoms with Crippen molar-refractivity contribution < 1.29 is 4.42 Å². The SMILES string of the molecule is c1ccc(-c2cccc(-c3nc(-c4cccc(-n5c6ccccc6c6ccccc65)c4)nc(-c4cccc5oc(-c6ccccc6)nc45)n3)c2)cc1. The molecule has 0 atom stereocenters. The van der Waals surface area contributed by atoms with Gasteiger partial charge in [-0.2, -0.15) is 0 Å². The van der Waals surface area contributed by atoms with Gasteiger partial charge in [-0.15, -0.1) is 0 Å². The molecule has 0 aliphatic carbocycles. The lowest BCUT2D eigenvalue weighted by Gasteiger charge is -2.12. The third kappa shape index (κ3) is 5.13. The number of oxazole rings is 1. The third-order valence-electron chi connectivity index (χ3n) is 9.49. The molecule has 52 heavy (non-hydrogen) atoms. The first-order valence-electron chi connectivity index (χ1n) is 17.2. The van der Waals surface area contributed by atoms with Crippen LogP contribution in [0, 0.1) is 0 Å². The lowest BCUT2D eigenvalue weighted by molar-refractivity contribution is 0.620. The Labute approximate surface area is 299 Å². The van der Waals surface area contributed by atoms with Crippen molar-refractivity contribution in [1.82, 2.24) is 24.5 Å². The van der Waals surface area contributed by atoms with Crippen LogP contribution in [0.1, 0.15) is 0 Å². The fraction of sp³-hybridized carbons (Fsp3) is 0. The van der Waals surface area contributed by atoms with E-state index in [4.69, 9.17) is 24.4 Å². The molecule has 10 rings (SSSR count). The van der Waals surface area contributed by atoms with Crippen LogP contribution in [0.3, 0.4) is 0 Å². The molecule has 0 unspecified atom stereocenters. The van der Waals surface area contributed by atoms with Gasteiger partial charge in [0.25, 0.3) is 0 Å². The van der Waals surface area contributed by atoms with E-state index in [9.17, 15) is 0 Å². The first-order valence-corrected chi connectivity index (χ1v) is 17.2. The largest absolute Gasteiger partial charge is 0.436 e. The Hall–Kier alpha value is -7.18. The minimum absolute atomic E-state index is 0.519. The average Bonchev–Trinajstić information content (AvgIpc) is 3.82. The second kappa shape index (κ2) is 12.3. The van der Waals surface area contributed by atoms with Crippen LogP contribution in [0.5, 0.6) is 0 Å². The van der Waals surface area contributed by atoms with Crippen molar-refractivity contribution in [2.75, 3.05) is 0 Å². The minimum Gasteiger partial charge on any atom is -0.436 e. The Kier molecular flexibility index (Phi) is 7.03. The number of hydrogen-bond acceptors (Lipinski definition) is 5. The number of hydrogen-bond donors (Lipinski definition) is 0. The van der Waals surface area contributed by atoms with Gasteiger partial charge in [-0.05, 0) is 65.7 Å². The Balaban J connectivity index is 1.17. The summed E-state index contributed by atoms with van der Waals surface area (Å²) in [7, 11) is 0. The number of fused-ring (bicyclic) bond motifs is 4. The molecule has 0 spiro atoms. The zero-order valence-corrected chi connectivity index (χ0v) is 27.9. The summed E-state index contributed by atoms with van der Waals surface area (Å²) in [6.07, 6.45) is 0. The van der Waals surface area contributed by atoms with Crippen LogP contribution in [0.15, 0.2) is 180 Å². The molecule has 244 valence electrons. The summed E-state index contributed by atoms with van der Waals surface area (Å²) in [5.74, 6) is 2.21. The van der Waals surface area contributed by atoms with Crippen molar-refractivity contribution >= 4 is 32.9 Å². The first-order chi connectivity index (χ1) is 25.8. The molecule has 7 aromatic carbocycles. The maximum absolute atomic E-state index is 6.25. The fourth-order valence-electron chi connectivity index (χ4n) is 7.04. The highest BCUT2D eigenvalue weighted by Crippen LogP contribution is 2.35. The molecule has 0 saturated heterocycles. The van der Waals surface area contributed by atoms with Gasteiger partial charge < -0.3 is 8.98 Å². The molecule has 0 aliphatic heterocycles. The summed E-state index contributed by atoms with van der Waals surface area (Å²) in [6, 6.07) is 60.0. The van der Waals surface area contributed by atoms with Crippen LogP contribution in [-0.2, 0) is 0 Å². The Bertz CT molecular complexity index is 2860. The van der Waals surface area contributed by atoms with E-state index in [0.29, 0.717) is 34.5 Å². The van der Waals surface area contributed by atoms with E-state index in [2.05, 4.69) is 102 Å². The van der Waals surface area contributed by atoms with Gasteiger partial charge in [0.1, 0.15) is 5.52 Å². The number of rotatable bonds is 6. The number of nitrogens with zero attached hydrogens (tertiary/aromatic N) is 5. The average molecular weight is 668 g/mol. The van der Waals surface area contributed by atoms with Crippen LogP contribution in [0.25, 0.3) is 95.3 Å². The Morgan fingerprint density at radius 3 is 1.63 bits per heavy atom. The molecule has 3 aromatic heterocycles. The monoisotopic (exact) mass is 667 g/mol. The quantitative estimate of drug-likeness (QED) is 0.176. The highest BCUT2D eigenvalue weighted by Gasteiger charge is 2.19. The molecule has 0 fully saturated rings. The fourth-order valence-corrected chi connectivity index (χ4v) is 7.04. The van der Waals surface area contributed by atoms with E-state index in [0.717, 1.165) is 50.1 Å². The number of aromatic nitrogens is 5.